The molecule has 3 rings (SSSR count). The van der Waals surface area contributed by atoms with Crippen LogP contribution in [-0.4, -0.2) is 37.7 Å². The zero-order valence-electron chi connectivity index (χ0n) is 9.31. The Bertz CT molecular complexity index is 432. The van der Waals surface area contributed by atoms with E-state index in [1.165, 1.54) is 0 Å². The van der Waals surface area contributed by atoms with E-state index in [-0.39, 0.29) is 18.6 Å². The molecule has 0 bridgehead atoms. The van der Waals surface area contributed by atoms with E-state index >= 15 is 0 Å². The fourth-order valence-electron chi connectivity index (χ4n) is 1.83. The SMILES string of the molecule is O=C(NC1CNC1)C1COc2ccccc2O1. The van der Waals surface area contributed by atoms with E-state index < -0.39 is 6.10 Å². The van der Waals surface area contributed by atoms with Gasteiger partial charge in [-0.3, -0.25) is 4.79 Å². The summed E-state index contributed by atoms with van der Waals surface area (Å²) in [5.41, 5.74) is 0. The first kappa shape index (κ1) is 10.4. The maximum atomic E-state index is 11.9. The van der Waals surface area contributed by atoms with Gasteiger partial charge in [0.25, 0.3) is 5.91 Å². The summed E-state index contributed by atoms with van der Waals surface area (Å²) in [5.74, 6) is 1.22. The lowest BCUT2D eigenvalue weighted by atomic mass is 10.1. The third-order valence-corrected chi connectivity index (χ3v) is 2.93. The van der Waals surface area contributed by atoms with Gasteiger partial charge in [-0.2, -0.15) is 0 Å². The van der Waals surface area contributed by atoms with E-state index in [1.54, 1.807) is 6.07 Å². The highest BCUT2D eigenvalue weighted by Crippen LogP contribution is 2.30. The first-order valence-electron chi connectivity index (χ1n) is 5.72. The van der Waals surface area contributed by atoms with Gasteiger partial charge in [-0.15, -0.1) is 0 Å². The molecule has 1 fully saturated rings. The predicted molar refractivity (Wildman–Crippen MR) is 61.2 cm³/mol. The van der Waals surface area contributed by atoms with E-state index in [4.69, 9.17) is 9.47 Å². The van der Waals surface area contributed by atoms with Gasteiger partial charge in [0.15, 0.2) is 11.5 Å². The van der Waals surface area contributed by atoms with Crippen LogP contribution in [0.5, 0.6) is 11.5 Å². The molecule has 0 spiro atoms. The van der Waals surface area contributed by atoms with E-state index in [0.29, 0.717) is 11.5 Å². The number of amides is 1. The summed E-state index contributed by atoms with van der Waals surface area (Å²) in [4.78, 5) is 11.9. The number of hydrogen-bond acceptors (Lipinski definition) is 4. The molecule has 2 aliphatic rings. The number of benzene rings is 1. The lowest BCUT2D eigenvalue weighted by Gasteiger charge is -2.31. The first-order valence-corrected chi connectivity index (χ1v) is 5.72. The van der Waals surface area contributed by atoms with Gasteiger partial charge >= 0.3 is 0 Å². The number of nitrogens with one attached hydrogen (secondary N) is 2. The van der Waals surface area contributed by atoms with Gasteiger partial charge in [-0.1, -0.05) is 12.1 Å². The molecule has 5 heteroatoms. The molecular weight excluding hydrogens is 220 g/mol. The Hall–Kier alpha value is -1.75. The standard InChI is InChI=1S/C12H14N2O3/c15-12(14-8-5-13-6-8)11-7-16-9-3-1-2-4-10(9)17-11/h1-4,8,11,13H,5-7H2,(H,14,15). The summed E-state index contributed by atoms with van der Waals surface area (Å²) in [5, 5.41) is 6.01. The zero-order valence-corrected chi connectivity index (χ0v) is 9.31. The maximum absolute atomic E-state index is 11.9. The molecule has 1 aromatic rings. The predicted octanol–water partition coefficient (Wildman–Crippen LogP) is -0.0856. The van der Waals surface area contributed by atoms with Crippen LogP contribution in [0, 0.1) is 0 Å². The molecule has 1 aromatic carbocycles. The topological polar surface area (TPSA) is 59.6 Å². The zero-order chi connectivity index (χ0) is 11.7. The van der Waals surface area contributed by atoms with Crippen LogP contribution in [0.2, 0.25) is 0 Å². The van der Waals surface area contributed by atoms with Crippen LogP contribution in [0.4, 0.5) is 0 Å². The largest absolute Gasteiger partial charge is 0.485 e. The molecule has 1 saturated heterocycles. The third kappa shape index (κ3) is 2.06. The Kier molecular flexibility index (Phi) is 2.60. The molecule has 0 aromatic heterocycles. The summed E-state index contributed by atoms with van der Waals surface area (Å²) >= 11 is 0. The van der Waals surface area contributed by atoms with Gasteiger partial charge in [0.1, 0.15) is 6.61 Å². The molecule has 1 amide bonds. The third-order valence-electron chi connectivity index (χ3n) is 2.93. The summed E-state index contributed by atoms with van der Waals surface area (Å²) in [7, 11) is 0. The Morgan fingerprint density at radius 1 is 1.29 bits per heavy atom. The molecule has 1 atom stereocenters. The smallest absolute Gasteiger partial charge is 0.265 e. The summed E-state index contributed by atoms with van der Waals surface area (Å²) < 4.78 is 11.1. The van der Waals surface area contributed by atoms with Crippen LogP contribution in [0.25, 0.3) is 0 Å². The highest BCUT2D eigenvalue weighted by Gasteiger charge is 2.29. The summed E-state index contributed by atoms with van der Waals surface area (Å²) in [6.45, 7) is 1.93. The Labute approximate surface area is 99.1 Å². The first-order chi connectivity index (χ1) is 8.33. The van der Waals surface area contributed by atoms with Gasteiger partial charge in [0, 0.05) is 13.1 Å². The monoisotopic (exact) mass is 234 g/mol. The van der Waals surface area contributed by atoms with Crippen molar-refractivity contribution in [2.24, 2.45) is 0 Å². The maximum Gasteiger partial charge on any atom is 0.265 e. The second-order valence-corrected chi connectivity index (χ2v) is 4.23. The molecule has 5 nitrogen and oxygen atoms in total. The molecule has 2 N–H and O–H groups in total. The minimum absolute atomic E-state index is 0.106. The van der Waals surface area contributed by atoms with Gasteiger partial charge in [0.05, 0.1) is 6.04 Å². The quantitative estimate of drug-likeness (QED) is 0.751. The van der Waals surface area contributed by atoms with Crippen molar-refractivity contribution in [3.05, 3.63) is 24.3 Å². The van der Waals surface area contributed by atoms with Crippen molar-refractivity contribution in [2.75, 3.05) is 19.7 Å². The van der Waals surface area contributed by atoms with Gasteiger partial charge < -0.3 is 20.1 Å². The average Bonchev–Trinajstić information content (AvgIpc) is 2.33. The van der Waals surface area contributed by atoms with E-state index in [0.717, 1.165) is 13.1 Å². The minimum atomic E-state index is -0.550. The van der Waals surface area contributed by atoms with Crippen LogP contribution in [0.3, 0.4) is 0 Å². The van der Waals surface area contributed by atoms with Crippen molar-refractivity contribution in [3.8, 4) is 11.5 Å². The molecule has 0 saturated carbocycles. The minimum Gasteiger partial charge on any atom is -0.485 e. The molecule has 90 valence electrons. The molecule has 2 aliphatic heterocycles. The Balaban J connectivity index is 1.64. The van der Waals surface area contributed by atoms with Gasteiger partial charge in [-0.25, -0.2) is 0 Å². The van der Waals surface area contributed by atoms with Crippen molar-refractivity contribution >= 4 is 5.91 Å². The van der Waals surface area contributed by atoms with Crippen molar-refractivity contribution in [3.63, 3.8) is 0 Å². The van der Waals surface area contributed by atoms with Crippen LogP contribution < -0.4 is 20.1 Å². The van der Waals surface area contributed by atoms with Crippen molar-refractivity contribution in [2.45, 2.75) is 12.1 Å². The average molecular weight is 234 g/mol. The molecule has 2 heterocycles. The number of fused-ring (bicyclic) bond motifs is 1. The lowest BCUT2D eigenvalue weighted by Crippen LogP contribution is -2.59. The van der Waals surface area contributed by atoms with E-state index in [9.17, 15) is 4.79 Å². The molecule has 0 aliphatic carbocycles. The van der Waals surface area contributed by atoms with Crippen LogP contribution in [0.1, 0.15) is 0 Å². The van der Waals surface area contributed by atoms with Gasteiger partial charge in [-0.05, 0) is 12.1 Å². The fraction of sp³-hybridized carbons (Fsp3) is 0.417. The van der Waals surface area contributed by atoms with Crippen LogP contribution >= 0.6 is 0 Å². The second kappa shape index (κ2) is 4.25. The number of ether oxygens (including phenoxy) is 2. The van der Waals surface area contributed by atoms with E-state index in [2.05, 4.69) is 10.6 Å². The summed E-state index contributed by atoms with van der Waals surface area (Å²) in [6, 6.07) is 7.60. The summed E-state index contributed by atoms with van der Waals surface area (Å²) in [6.07, 6.45) is -0.550. The number of para-hydroxylation sites is 2. The highest BCUT2D eigenvalue weighted by molar-refractivity contribution is 5.82. The molecule has 17 heavy (non-hydrogen) atoms. The lowest BCUT2D eigenvalue weighted by molar-refractivity contribution is -0.131. The van der Waals surface area contributed by atoms with Crippen molar-refractivity contribution in [1.29, 1.82) is 0 Å². The van der Waals surface area contributed by atoms with Crippen LogP contribution in [-0.2, 0) is 4.79 Å². The van der Waals surface area contributed by atoms with Crippen molar-refractivity contribution in [1.82, 2.24) is 10.6 Å². The van der Waals surface area contributed by atoms with Gasteiger partial charge in [0.2, 0.25) is 6.10 Å². The Morgan fingerprint density at radius 2 is 2.06 bits per heavy atom. The fourth-order valence-corrected chi connectivity index (χ4v) is 1.83. The second-order valence-electron chi connectivity index (χ2n) is 4.23. The molecule has 1 unspecified atom stereocenters. The number of rotatable bonds is 2. The highest BCUT2D eigenvalue weighted by atomic mass is 16.6. The normalized spacial score (nSPS) is 22.7. The Morgan fingerprint density at radius 3 is 2.76 bits per heavy atom. The van der Waals surface area contributed by atoms with Crippen LogP contribution in [0.15, 0.2) is 24.3 Å². The number of carbonyl (C=O) groups is 1. The van der Waals surface area contributed by atoms with E-state index in [1.807, 2.05) is 18.2 Å². The number of hydrogen-bond donors (Lipinski definition) is 2. The molecule has 0 radical (unpaired) electrons. The number of carbonyl (C=O) groups excluding carboxylic acids is 1. The molecular formula is C12H14N2O3. The van der Waals surface area contributed by atoms with Crippen molar-refractivity contribution < 1.29 is 14.3 Å².